The maximum atomic E-state index is 14.3. The average molecular weight is 351 g/mol. The van der Waals surface area contributed by atoms with Crippen molar-refractivity contribution in [2.75, 3.05) is 5.75 Å². The topological polar surface area (TPSA) is 115 Å². The lowest BCUT2D eigenvalue weighted by atomic mass is 10.0. The predicted molar refractivity (Wildman–Crippen MR) is 84.7 cm³/mol. The molecule has 24 heavy (non-hydrogen) atoms. The number of rotatable bonds is 6. The van der Waals surface area contributed by atoms with Gasteiger partial charge in [-0.25, -0.2) is 12.8 Å². The maximum Gasteiger partial charge on any atom is 0.304 e. The highest BCUT2D eigenvalue weighted by atomic mass is 32.2. The smallest absolute Gasteiger partial charge is 0.304 e. The fourth-order valence-corrected chi connectivity index (χ4v) is 3.36. The van der Waals surface area contributed by atoms with Crippen LogP contribution in [0.15, 0.2) is 47.4 Å². The number of amides is 1. The second-order valence-corrected chi connectivity index (χ2v) is 7.13. The fourth-order valence-electron chi connectivity index (χ4n) is 2.13. The Kier molecular flexibility index (Phi) is 4.99. The second-order valence-electron chi connectivity index (χ2n) is 5.02. The number of nitrogens with two attached hydrogens (primary N) is 1. The van der Waals surface area contributed by atoms with Crippen molar-refractivity contribution >= 4 is 21.7 Å². The van der Waals surface area contributed by atoms with E-state index in [1.165, 1.54) is 42.5 Å². The first-order valence-electron chi connectivity index (χ1n) is 6.85. The first kappa shape index (κ1) is 17.6. The molecule has 1 amide bonds. The van der Waals surface area contributed by atoms with E-state index in [1.807, 2.05) is 0 Å². The monoisotopic (exact) mass is 351 g/mol. The highest BCUT2D eigenvalue weighted by molar-refractivity contribution is 7.91. The van der Waals surface area contributed by atoms with Crippen molar-refractivity contribution in [3.8, 4) is 11.1 Å². The van der Waals surface area contributed by atoms with Crippen molar-refractivity contribution in [1.29, 1.82) is 0 Å². The predicted octanol–water partition coefficient (Wildman–Crippen LogP) is 1.84. The van der Waals surface area contributed by atoms with Gasteiger partial charge in [-0.15, -0.1) is 0 Å². The van der Waals surface area contributed by atoms with Crippen LogP contribution in [-0.4, -0.2) is 31.2 Å². The molecule has 0 unspecified atom stereocenters. The molecule has 0 aliphatic carbocycles. The van der Waals surface area contributed by atoms with Gasteiger partial charge >= 0.3 is 5.97 Å². The molecule has 0 saturated carbocycles. The van der Waals surface area contributed by atoms with Gasteiger partial charge in [0.05, 0.1) is 22.6 Å². The van der Waals surface area contributed by atoms with Crippen LogP contribution in [0.25, 0.3) is 11.1 Å². The van der Waals surface area contributed by atoms with Crippen molar-refractivity contribution < 1.29 is 27.5 Å². The Morgan fingerprint density at radius 3 is 2.25 bits per heavy atom. The maximum absolute atomic E-state index is 14.3. The molecule has 0 heterocycles. The third-order valence-electron chi connectivity index (χ3n) is 3.37. The second kappa shape index (κ2) is 6.79. The molecule has 2 rings (SSSR count). The van der Waals surface area contributed by atoms with Gasteiger partial charge in [-0.3, -0.25) is 9.59 Å². The van der Waals surface area contributed by atoms with E-state index in [-0.39, 0.29) is 16.0 Å². The van der Waals surface area contributed by atoms with Gasteiger partial charge in [0.25, 0.3) is 5.91 Å². The van der Waals surface area contributed by atoms with E-state index in [0.717, 1.165) is 0 Å². The number of hydrogen-bond donors (Lipinski definition) is 2. The summed E-state index contributed by atoms with van der Waals surface area (Å²) < 4.78 is 38.3. The number of aliphatic carboxylic acids is 1. The van der Waals surface area contributed by atoms with Gasteiger partial charge in [0, 0.05) is 5.56 Å². The molecule has 0 bridgehead atoms. The molecular weight excluding hydrogens is 337 g/mol. The summed E-state index contributed by atoms with van der Waals surface area (Å²) in [4.78, 5) is 21.6. The fraction of sp³-hybridized carbons (Fsp3) is 0.125. The quantitative estimate of drug-likeness (QED) is 0.824. The minimum absolute atomic E-state index is 0.0565. The molecule has 0 aromatic heterocycles. The van der Waals surface area contributed by atoms with Crippen LogP contribution < -0.4 is 5.73 Å². The number of carboxylic acid groups (broad SMARTS) is 1. The first-order valence-corrected chi connectivity index (χ1v) is 8.51. The summed E-state index contributed by atoms with van der Waals surface area (Å²) in [6.45, 7) is 0. The van der Waals surface area contributed by atoms with Gasteiger partial charge in [0.15, 0.2) is 9.84 Å². The summed E-state index contributed by atoms with van der Waals surface area (Å²) in [5.41, 5.74) is 5.32. The Morgan fingerprint density at radius 2 is 1.71 bits per heavy atom. The number of carboxylic acids is 1. The number of sulfone groups is 1. The lowest BCUT2D eigenvalue weighted by Crippen LogP contribution is -2.13. The molecule has 8 heteroatoms. The first-order chi connectivity index (χ1) is 11.2. The summed E-state index contributed by atoms with van der Waals surface area (Å²) in [7, 11) is -3.73. The minimum atomic E-state index is -3.73. The van der Waals surface area contributed by atoms with Crippen molar-refractivity contribution in [3.05, 3.63) is 53.8 Å². The van der Waals surface area contributed by atoms with Crippen LogP contribution in [0.3, 0.4) is 0 Å². The minimum Gasteiger partial charge on any atom is -0.481 e. The zero-order chi connectivity index (χ0) is 17.9. The SMILES string of the molecule is NC(=O)c1cccc(-c2ccc(S(=O)(=O)CCC(=O)O)cc2)c1F. The van der Waals surface area contributed by atoms with Gasteiger partial charge in [-0.05, 0) is 23.8 Å². The number of carbonyl (C=O) groups excluding carboxylic acids is 1. The van der Waals surface area contributed by atoms with Crippen molar-refractivity contribution in [3.63, 3.8) is 0 Å². The molecule has 0 fully saturated rings. The largest absolute Gasteiger partial charge is 0.481 e. The summed E-state index contributed by atoms with van der Waals surface area (Å²) in [5.74, 6) is -3.41. The zero-order valence-electron chi connectivity index (χ0n) is 12.4. The van der Waals surface area contributed by atoms with Crippen LogP contribution in [0.4, 0.5) is 4.39 Å². The van der Waals surface area contributed by atoms with E-state index >= 15 is 0 Å². The number of benzene rings is 2. The molecule has 2 aromatic carbocycles. The molecule has 2 aromatic rings. The molecule has 0 aliphatic rings. The number of hydrogen-bond acceptors (Lipinski definition) is 4. The van der Waals surface area contributed by atoms with Crippen LogP contribution in [0.1, 0.15) is 16.8 Å². The molecule has 6 nitrogen and oxygen atoms in total. The Bertz CT molecular complexity index is 891. The van der Waals surface area contributed by atoms with E-state index < -0.39 is 39.7 Å². The molecule has 0 saturated heterocycles. The Morgan fingerprint density at radius 1 is 1.08 bits per heavy atom. The lowest BCUT2D eigenvalue weighted by molar-refractivity contribution is -0.136. The number of carbonyl (C=O) groups is 2. The van der Waals surface area contributed by atoms with Gasteiger partial charge in [0.1, 0.15) is 5.82 Å². The van der Waals surface area contributed by atoms with E-state index in [2.05, 4.69) is 0 Å². The molecule has 3 N–H and O–H groups in total. The van der Waals surface area contributed by atoms with E-state index in [4.69, 9.17) is 10.8 Å². The van der Waals surface area contributed by atoms with Crippen LogP contribution in [-0.2, 0) is 14.6 Å². The van der Waals surface area contributed by atoms with Crippen molar-refractivity contribution in [2.24, 2.45) is 5.73 Å². The highest BCUT2D eigenvalue weighted by Crippen LogP contribution is 2.26. The summed E-state index contributed by atoms with van der Waals surface area (Å²) in [6, 6.07) is 9.47. The molecule has 0 atom stereocenters. The third kappa shape index (κ3) is 3.77. The summed E-state index contributed by atoms with van der Waals surface area (Å²) >= 11 is 0. The van der Waals surface area contributed by atoms with E-state index in [1.54, 1.807) is 0 Å². The normalized spacial score (nSPS) is 11.2. The average Bonchev–Trinajstić information content (AvgIpc) is 2.53. The Hall–Kier alpha value is -2.74. The number of primary amides is 1. The molecule has 0 spiro atoms. The molecular formula is C16H14FNO5S. The molecule has 126 valence electrons. The third-order valence-corrected chi connectivity index (χ3v) is 5.11. The van der Waals surface area contributed by atoms with Gasteiger partial charge in [-0.2, -0.15) is 0 Å². The Labute approximate surface area is 137 Å². The van der Waals surface area contributed by atoms with Gasteiger partial charge < -0.3 is 10.8 Å². The lowest BCUT2D eigenvalue weighted by Gasteiger charge is -2.08. The number of halogens is 1. The Balaban J connectivity index is 2.35. The highest BCUT2D eigenvalue weighted by Gasteiger charge is 2.17. The molecule has 0 aliphatic heterocycles. The van der Waals surface area contributed by atoms with Crippen LogP contribution in [0.5, 0.6) is 0 Å². The van der Waals surface area contributed by atoms with Crippen LogP contribution in [0.2, 0.25) is 0 Å². The standard InChI is InChI=1S/C16H14FNO5S/c17-15-12(2-1-3-13(15)16(18)21)10-4-6-11(7-5-10)24(22,23)9-8-14(19)20/h1-7H,8-9H2,(H2,18,21)(H,19,20). The van der Waals surface area contributed by atoms with Crippen LogP contribution >= 0.6 is 0 Å². The van der Waals surface area contributed by atoms with Crippen molar-refractivity contribution in [2.45, 2.75) is 11.3 Å². The summed E-state index contributed by atoms with van der Waals surface area (Å²) in [6.07, 6.45) is -0.501. The van der Waals surface area contributed by atoms with Crippen molar-refractivity contribution in [1.82, 2.24) is 0 Å². The van der Waals surface area contributed by atoms with Gasteiger partial charge in [0.2, 0.25) is 0 Å². The van der Waals surface area contributed by atoms with E-state index in [9.17, 15) is 22.4 Å². The summed E-state index contributed by atoms with van der Waals surface area (Å²) in [5, 5.41) is 8.57. The van der Waals surface area contributed by atoms with Gasteiger partial charge in [-0.1, -0.05) is 24.3 Å². The molecule has 0 radical (unpaired) electrons. The van der Waals surface area contributed by atoms with E-state index in [0.29, 0.717) is 5.56 Å². The van der Waals surface area contributed by atoms with Crippen LogP contribution in [0, 0.1) is 5.82 Å². The zero-order valence-corrected chi connectivity index (χ0v) is 13.2.